The molecule has 0 bridgehead atoms. The summed E-state index contributed by atoms with van der Waals surface area (Å²) in [5.41, 5.74) is 5.32. The van der Waals surface area contributed by atoms with Crippen LogP contribution in [0, 0.1) is 0 Å². The van der Waals surface area contributed by atoms with Crippen molar-refractivity contribution in [3.05, 3.63) is 21.0 Å². The lowest BCUT2D eigenvalue weighted by Gasteiger charge is -2.12. The van der Waals surface area contributed by atoms with Crippen molar-refractivity contribution >= 4 is 27.6 Å². The second-order valence-corrected chi connectivity index (χ2v) is 4.73. The molecule has 0 unspecified atom stereocenters. The van der Waals surface area contributed by atoms with Gasteiger partial charge in [0.1, 0.15) is 4.47 Å². The summed E-state index contributed by atoms with van der Waals surface area (Å²) in [7, 11) is 0. The van der Waals surface area contributed by atoms with Gasteiger partial charge in [0.2, 0.25) is 0 Å². The monoisotopic (exact) mass is 317 g/mol. The molecule has 7 nitrogen and oxygen atoms in total. The maximum atomic E-state index is 11.9. The molecular weight excluding hydrogens is 302 g/mol. The summed E-state index contributed by atoms with van der Waals surface area (Å²) in [6, 6.07) is -0.580. The van der Waals surface area contributed by atoms with E-state index in [0.717, 1.165) is 0 Å². The molecule has 2 amide bonds. The quantitative estimate of drug-likeness (QED) is 0.694. The van der Waals surface area contributed by atoms with Gasteiger partial charge in [-0.1, -0.05) is 0 Å². The van der Waals surface area contributed by atoms with Crippen LogP contribution in [0.1, 0.15) is 19.9 Å². The molecule has 18 heavy (non-hydrogen) atoms. The molecule has 0 spiro atoms. The molecule has 1 heterocycles. The molecule has 1 aromatic heterocycles. The molecule has 0 aromatic carbocycles. The fourth-order valence-electron chi connectivity index (χ4n) is 1.32. The molecule has 100 valence electrons. The topological polar surface area (TPSA) is 102 Å². The van der Waals surface area contributed by atoms with Gasteiger partial charge in [-0.2, -0.15) is 5.10 Å². The van der Waals surface area contributed by atoms with Crippen molar-refractivity contribution in [3.63, 3.8) is 0 Å². The number of aromatic nitrogens is 2. The van der Waals surface area contributed by atoms with Gasteiger partial charge in [-0.15, -0.1) is 0 Å². The number of hydrogen-bond donors (Lipinski definition) is 3. The number of halogens is 1. The lowest BCUT2D eigenvalue weighted by molar-refractivity contribution is 0.249. The molecule has 8 heteroatoms. The van der Waals surface area contributed by atoms with Crippen molar-refractivity contribution in [3.8, 4) is 0 Å². The van der Waals surface area contributed by atoms with Crippen molar-refractivity contribution in [2.24, 2.45) is 5.73 Å². The van der Waals surface area contributed by atoms with Crippen molar-refractivity contribution < 1.29 is 4.79 Å². The van der Waals surface area contributed by atoms with E-state index >= 15 is 0 Å². The zero-order valence-corrected chi connectivity index (χ0v) is 11.8. The van der Waals surface area contributed by atoms with Gasteiger partial charge in [0.05, 0.1) is 17.9 Å². The molecule has 0 fully saturated rings. The van der Waals surface area contributed by atoms with Gasteiger partial charge in [-0.05, 0) is 29.8 Å². The number of anilines is 1. The van der Waals surface area contributed by atoms with Crippen LogP contribution >= 0.6 is 15.9 Å². The van der Waals surface area contributed by atoms with E-state index in [9.17, 15) is 9.59 Å². The molecule has 0 radical (unpaired) electrons. The Bertz CT molecular complexity index is 486. The Balaban J connectivity index is 2.71. The van der Waals surface area contributed by atoms with Crippen LogP contribution in [0.15, 0.2) is 15.5 Å². The molecule has 0 saturated heterocycles. The number of rotatable bonds is 5. The standard InChI is InChI=1S/C10H16BrN5O2/c1-6(2)16-9(17)8(11)7(5-15-16)13-3-4-14-10(12)18/h5-6,13H,3-4H2,1-2H3,(H3,12,14,18). The van der Waals surface area contributed by atoms with Crippen LogP contribution in [0.5, 0.6) is 0 Å². The summed E-state index contributed by atoms with van der Waals surface area (Å²) >= 11 is 3.23. The Morgan fingerprint density at radius 2 is 2.22 bits per heavy atom. The van der Waals surface area contributed by atoms with E-state index in [1.165, 1.54) is 4.68 Å². The summed E-state index contributed by atoms with van der Waals surface area (Å²) in [6.07, 6.45) is 1.57. The van der Waals surface area contributed by atoms with Gasteiger partial charge in [0.15, 0.2) is 0 Å². The average molecular weight is 318 g/mol. The fraction of sp³-hybridized carbons (Fsp3) is 0.500. The average Bonchev–Trinajstić information content (AvgIpc) is 2.29. The minimum absolute atomic E-state index is 0.000576. The lowest BCUT2D eigenvalue weighted by Crippen LogP contribution is -2.33. The highest BCUT2D eigenvalue weighted by Gasteiger charge is 2.10. The predicted octanol–water partition coefficient (Wildman–Crippen LogP) is 0.667. The van der Waals surface area contributed by atoms with Gasteiger partial charge >= 0.3 is 6.03 Å². The van der Waals surface area contributed by atoms with Crippen LogP contribution in [0.3, 0.4) is 0 Å². The van der Waals surface area contributed by atoms with Crippen molar-refractivity contribution in [2.75, 3.05) is 18.4 Å². The molecular formula is C10H16BrN5O2. The number of nitrogens with one attached hydrogen (secondary N) is 2. The van der Waals surface area contributed by atoms with E-state index in [1.54, 1.807) is 6.20 Å². The fourth-order valence-corrected chi connectivity index (χ4v) is 1.74. The molecule has 0 aliphatic rings. The zero-order valence-electron chi connectivity index (χ0n) is 10.2. The van der Waals surface area contributed by atoms with Crippen LogP contribution < -0.4 is 21.9 Å². The number of nitrogens with zero attached hydrogens (tertiary/aromatic N) is 2. The number of hydrogen-bond acceptors (Lipinski definition) is 4. The van der Waals surface area contributed by atoms with E-state index in [4.69, 9.17) is 5.73 Å². The number of carbonyl (C=O) groups is 1. The summed E-state index contributed by atoms with van der Waals surface area (Å²) in [6.45, 7) is 4.58. The van der Waals surface area contributed by atoms with Crippen LogP contribution in [-0.4, -0.2) is 28.9 Å². The highest BCUT2D eigenvalue weighted by atomic mass is 79.9. The van der Waals surface area contributed by atoms with Crippen molar-refractivity contribution in [2.45, 2.75) is 19.9 Å². The molecule has 0 atom stereocenters. The van der Waals surface area contributed by atoms with E-state index in [2.05, 4.69) is 31.7 Å². The van der Waals surface area contributed by atoms with Crippen molar-refractivity contribution in [1.82, 2.24) is 15.1 Å². The Morgan fingerprint density at radius 3 is 2.78 bits per heavy atom. The van der Waals surface area contributed by atoms with Gasteiger partial charge < -0.3 is 16.4 Å². The van der Waals surface area contributed by atoms with E-state index in [-0.39, 0.29) is 11.6 Å². The lowest BCUT2D eigenvalue weighted by atomic mass is 10.4. The van der Waals surface area contributed by atoms with Crippen LogP contribution in [0.4, 0.5) is 10.5 Å². The van der Waals surface area contributed by atoms with Gasteiger partial charge in [-0.3, -0.25) is 4.79 Å². The number of amides is 2. The van der Waals surface area contributed by atoms with Gasteiger partial charge in [0.25, 0.3) is 5.56 Å². The third kappa shape index (κ3) is 3.73. The first-order chi connectivity index (χ1) is 8.43. The Morgan fingerprint density at radius 1 is 1.56 bits per heavy atom. The number of carbonyl (C=O) groups excluding carboxylic acids is 1. The number of urea groups is 1. The first kappa shape index (κ1) is 14.5. The SMILES string of the molecule is CC(C)n1ncc(NCCNC(N)=O)c(Br)c1=O. The molecule has 0 aliphatic carbocycles. The second-order valence-electron chi connectivity index (χ2n) is 3.93. The molecule has 0 saturated carbocycles. The Hall–Kier alpha value is -1.57. The summed E-state index contributed by atoms with van der Waals surface area (Å²) in [4.78, 5) is 22.4. The van der Waals surface area contributed by atoms with Crippen LogP contribution in [0.25, 0.3) is 0 Å². The summed E-state index contributed by atoms with van der Waals surface area (Å²) in [5, 5.41) is 9.47. The van der Waals surface area contributed by atoms with Gasteiger partial charge in [-0.25, -0.2) is 9.48 Å². The second kappa shape index (κ2) is 6.39. The molecule has 4 N–H and O–H groups in total. The minimum Gasteiger partial charge on any atom is -0.381 e. The number of nitrogens with two attached hydrogens (primary N) is 1. The summed E-state index contributed by atoms with van der Waals surface area (Å²) < 4.78 is 1.81. The van der Waals surface area contributed by atoms with Crippen molar-refractivity contribution in [1.29, 1.82) is 0 Å². The minimum atomic E-state index is -0.579. The van der Waals surface area contributed by atoms with Gasteiger partial charge in [0, 0.05) is 13.1 Å². The first-order valence-electron chi connectivity index (χ1n) is 5.48. The Kier molecular flexibility index (Phi) is 5.14. The maximum absolute atomic E-state index is 11.9. The van der Waals surface area contributed by atoms with Crippen LogP contribution in [0.2, 0.25) is 0 Å². The predicted molar refractivity (Wildman–Crippen MR) is 72.7 cm³/mol. The van der Waals surface area contributed by atoms with E-state index in [1.807, 2.05) is 13.8 Å². The normalized spacial score (nSPS) is 10.4. The zero-order chi connectivity index (χ0) is 13.7. The van der Waals surface area contributed by atoms with E-state index < -0.39 is 6.03 Å². The highest BCUT2D eigenvalue weighted by Crippen LogP contribution is 2.16. The highest BCUT2D eigenvalue weighted by molar-refractivity contribution is 9.10. The molecule has 1 aromatic rings. The number of primary amides is 1. The van der Waals surface area contributed by atoms with Crippen LogP contribution in [-0.2, 0) is 0 Å². The van der Waals surface area contributed by atoms with E-state index in [0.29, 0.717) is 23.2 Å². The third-order valence-electron chi connectivity index (χ3n) is 2.17. The Labute approximate surface area is 113 Å². The maximum Gasteiger partial charge on any atom is 0.312 e. The molecule has 1 rings (SSSR count). The first-order valence-corrected chi connectivity index (χ1v) is 6.27. The smallest absolute Gasteiger partial charge is 0.312 e. The summed E-state index contributed by atoms with van der Waals surface area (Å²) in [5.74, 6) is 0. The molecule has 0 aliphatic heterocycles. The largest absolute Gasteiger partial charge is 0.381 e. The third-order valence-corrected chi connectivity index (χ3v) is 2.94.